The highest BCUT2D eigenvalue weighted by Crippen LogP contribution is 2.39. The van der Waals surface area contributed by atoms with E-state index in [1.54, 1.807) is 26.0 Å². The van der Waals surface area contributed by atoms with Crippen LogP contribution in [-0.4, -0.2) is 275 Å². The smallest absolute Gasteiger partial charge is 0.349 e. The van der Waals surface area contributed by atoms with Gasteiger partial charge in [-0.3, -0.25) is 20.1 Å². The molecular weight excluding hydrogens is 1620 g/mol. The second-order valence-corrected chi connectivity index (χ2v) is 29.7. The minimum absolute atomic E-state index is 0.000610. The van der Waals surface area contributed by atoms with E-state index in [2.05, 4.69) is 42.8 Å². The van der Waals surface area contributed by atoms with Gasteiger partial charge < -0.3 is 135 Å². The maximum Gasteiger partial charge on any atom is 0.349 e. The topological polar surface area (TPSA) is 594 Å². The quantitative estimate of drug-likeness (QED) is 0.00348. The summed E-state index contributed by atoms with van der Waals surface area (Å²) in [6, 6.07) is 15.5. The number of aliphatic carboxylic acids is 1. The number of aromatic hydroxyl groups is 8. The molecule has 4 aromatic carbocycles. The zero-order valence-electron chi connectivity index (χ0n) is 69.4. The van der Waals surface area contributed by atoms with Crippen LogP contribution in [0.3, 0.4) is 0 Å². The largest absolute Gasteiger partial charge is 0.504 e. The number of nitrogens with one attached hydrogen (secondary N) is 1. The summed E-state index contributed by atoms with van der Waals surface area (Å²) in [4.78, 5) is 66.7. The normalized spacial score (nSPS) is 24.2. The molecule has 3 aliphatic rings. The first-order valence-corrected chi connectivity index (χ1v) is 39.5. The van der Waals surface area contributed by atoms with Crippen molar-refractivity contribution in [2.45, 2.75) is 223 Å². The number of aryl methyl sites for hydroxylation is 1. The monoisotopic (exact) mass is 1740 g/mol. The predicted molar refractivity (Wildman–Crippen MR) is 441 cm³/mol. The van der Waals surface area contributed by atoms with Crippen LogP contribution in [0.1, 0.15) is 122 Å². The maximum atomic E-state index is 12.1. The fraction of sp³-hybridized carbons (Fsp3) is 0.483. The SMILES string of the molecule is C/C=C/C=C/C=C\CC/C=C/C(=O)NCC(C)C.C=CC(C)(O)CCCC/C=C(\C)CC(C)=O.CC1OC(OC2C(O)C(OCCc3ccc(O)c(O)c3)OC(COC3OC(CO)C(O)C(O)C3O)C2C(CCc2ccc(O)c(O)c2)OO)C(O)C(O)C1O.O=C(/C=C/c1ccc(O)c(O)c1)OC(COO)C(OC(=O)/C=C/c1ccc(O)c(O)c1)C(=O)O. The van der Waals surface area contributed by atoms with Gasteiger partial charge in [-0.25, -0.2) is 24.2 Å². The number of hydrogen-bond donors (Lipinski definition) is 21. The number of carbonyl (C=O) groups excluding carboxylic acids is 4. The van der Waals surface area contributed by atoms with Gasteiger partial charge in [-0.05, 0) is 187 Å². The number of hydrogen-bond acceptors (Lipinski definition) is 34. The van der Waals surface area contributed by atoms with Crippen LogP contribution >= 0.6 is 0 Å². The molecule has 0 aliphatic carbocycles. The van der Waals surface area contributed by atoms with Crippen molar-refractivity contribution in [2.24, 2.45) is 11.8 Å². The lowest BCUT2D eigenvalue weighted by molar-refractivity contribution is -0.381. The van der Waals surface area contributed by atoms with E-state index in [1.807, 2.05) is 50.3 Å². The van der Waals surface area contributed by atoms with Crippen LogP contribution in [-0.2, 0) is 84.5 Å². The second-order valence-electron chi connectivity index (χ2n) is 29.7. The second kappa shape index (κ2) is 54.6. The Labute approximate surface area is 711 Å². The molecule has 36 heteroatoms. The first-order chi connectivity index (χ1) is 58.3. The summed E-state index contributed by atoms with van der Waals surface area (Å²) < 4.78 is 44.9. The molecule has 3 fully saturated rings. The molecule has 0 radical (unpaired) electrons. The van der Waals surface area contributed by atoms with Gasteiger partial charge in [0.2, 0.25) is 12.0 Å². The third-order valence-electron chi connectivity index (χ3n) is 19.0. The number of phenols is 8. The summed E-state index contributed by atoms with van der Waals surface area (Å²) in [7, 11) is 0. The van der Waals surface area contributed by atoms with E-state index in [9.17, 15) is 121 Å². The molecule has 3 saturated heterocycles. The molecule has 0 bridgehead atoms. The van der Waals surface area contributed by atoms with E-state index in [0.717, 1.165) is 74.9 Å². The van der Waals surface area contributed by atoms with Crippen molar-refractivity contribution in [1.82, 2.24) is 5.32 Å². The van der Waals surface area contributed by atoms with Crippen LogP contribution in [0.2, 0.25) is 0 Å². The van der Waals surface area contributed by atoms with Crippen LogP contribution in [0.25, 0.3) is 12.2 Å². The Hall–Kier alpha value is -10.0. The van der Waals surface area contributed by atoms with Crippen molar-refractivity contribution in [1.29, 1.82) is 0 Å². The van der Waals surface area contributed by atoms with Gasteiger partial charge in [-0.2, -0.15) is 0 Å². The van der Waals surface area contributed by atoms with Crippen LogP contribution in [0.15, 0.2) is 158 Å². The lowest BCUT2D eigenvalue weighted by atomic mass is 9.82. The van der Waals surface area contributed by atoms with Gasteiger partial charge >= 0.3 is 17.9 Å². The molecule has 3 aliphatic heterocycles. The summed E-state index contributed by atoms with van der Waals surface area (Å²) in [5.41, 5.74) is 2.00. The van der Waals surface area contributed by atoms with Gasteiger partial charge in [0.1, 0.15) is 67.3 Å². The first-order valence-electron chi connectivity index (χ1n) is 39.5. The molecule has 0 saturated carbocycles. The molecule has 19 unspecified atom stereocenters. The Morgan fingerprint density at radius 3 is 1.67 bits per heavy atom. The molecule has 0 aromatic heterocycles. The summed E-state index contributed by atoms with van der Waals surface area (Å²) in [5.74, 6) is -7.69. The van der Waals surface area contributed by atoms with Crippen molar-refractivity contribution >= 4 is 41.8 Å². The van der Waals surface area contributed by atoms with E-state index < -0.39 is 171 Å². The van der Waals surface area contributed by atoms with Crippen LogP contribution in [0.5, 0.6) is 46.0 Å². The average Bonchev–Trinajstić information content (AvgIpc) is 0.769. The van der Waals surface area contributed by atoms with Crippen molar-refractivity contribution in [3.8, 4) is 46.0 Å². The number of benzene rings is 4. The number of carboxylic acid groups (broad SMARTS) is 1. The molecule has 123 heavy (non-hydrogen) atoms. The van der Waals surface area contributed by atoms with E-state index in [-0.39, 0.29) is 71.9 Å². The lowest BCUT2D eigenvalue weighted by Gasteiger charge is -2.49. The van der Waals surface area contributed by atoms with Gasteiger partial charge in [0.05, 0.1) is 43.7 Å². The van der Waals surface area contributed by atoms with Crippen molar-refractivity contribution in [3.63, 3.8) is 0 Å². The highest BCUT2D eigenvalue weighted by molar-refractivity contribution is 5.90. The van der Waals surface area contributed by atoms with Gasteiger partial charge in [-0.1, -0.05) is 98.4 Å². The molecule has 3 heterocycles. The number of carbonyl (C=O) groups is 5. The van der Waals surface area contributed by atoms with E-state index >= 15 is 0 Å². The van der Waals surface area contributed by atoms with Crippen LogP contribution in [0, 0.1) is 11.8 Å². The fourth-order valence-corrected chi connectivity index (χ4v) is 12.1. The summed E-state index contributed by atoms with van der Waals surface area (Å²) in [6.45, 7) is 14.9. The summed E-state index contributed by atoms with van der Waals surface area (Å²) in [6.07, 6.45) is 2.12. The number of Topliss-reactive ketones (excluding diaryl/α,β-unsaturated/α-hetero) is 1. The number of phenolic OH excluding ortho intramolecular Hbond substituents is 8. The van der Waals surface area contributed by atoms with E-state index in [1.165, 1.54) is 79.7 Å². The maximum absolute atomic E-state index is 12.1. The minimum atomic E-state index is -2.06. The van der Waals surface area contributed by atoms with Crippen LogP contribution < -0.4 is 5.32 Å². The molecular formula is C87H119NO35. The lowest BCUT2D eigenvalue weighted by Crippen LogP contribution is -2.65. The third kappa shape index (κ3) is 37.1. The summed E-state index contributed by atoms with van der Waals surface area (Å²) >= 11 is 0. The van der Waals surface area contributed by atoms with Gasteiger partial charge in [0.15, 0.2) is 71.0 Å². The summed E-state index contributed by atoms with van der Waals surface area (Å²) in [5, 5.41) is 202. The zero-order valence-corrected chi connectivity index (χ0v) is 69.4. The number of allylic oxidation sites excluding steroid dienone is 9. The number of aliphatic hydroxyl groups excluding tert-OH is 8. The van der Waals surface area contributed by atoms with Crippen molar-refractivity contribution < 1.29 is 174 Å². The van der Waals surface area contributed by atoms with E-state index in [0.29, 0.717) is 29.0 Å². The number of aliphatic hydroxyl groups is 9. The molecule has 19 atom stereocenters. The third-order valence-corrected chi connectivity index (χ3v) is 19.0. The molecule has 4 aromatic rings. The van der Waals surface area contributed by atoms with Crippen molar-refractivity contribution in [3.05, 3.63) is 180 Å². The minimum Gasteiger partial charge on any atom is -0.504 e. The Balaban J connectivity index is 0.000000394. The number of ether oxygens (including phenoxy) is 8. The fourth-order valence-electron chi connectivity index (χ4n) is 12.1. The molecule has 1 amide bonds. The highest BCUT2D eigenvalue weighted by atomic mass is 17.1. The number of carboxylic acids is 1. The Morgan fingerprint density at radius 1 is 0.602 bits per heavy atom. The standard InChI is InChI=1S/C35H50O20.C22H20O12.C16H25NO.C14H24O2/c1-14-25(41)27(43)30(46)35(51-14)54-32-24(21(55-48)7-4-15-2-5-17(37)19(39)10-15)23(13-50-33-29(45)28(44)26(42)22(12-36)52-33)53-34(31(32)47)49-9-8-16-3-6-18(38)20(40)11-16;23-14-5-1-12(9-16(14)25)3-7-19(27)33-18(11-32-31)21(22(29)30)34-20(28)8-4-13-2-6-15(24)17(26)10-13;1-4-5-6-7-8-9-10-11-12-13-16(18)17-14-15(2)3;1-5-14(4,16)10-8-6-7-9-12(2)11-13(3)15/h2-3,5-6,10-11,14,21-48H,4,7-9,12-13H2,1H3;1-10,18,21,23-26,31H,11H2,(H,29,30);4-9,12-13,15H,10-11,14H2,1-3H3,(H,17,18);5,9,16H,1,6-8,10-11H2,2-4H3/b;7-3+,8-4+;5-4+,7-6+,9-8-,13-12+;12-9+. The molecule has 682 valence electrons. The van der Waals surface area contributed by atoms with Crippen LogP contribution in [0.4, 0.5) is 0 Å². The highest BCUT2D eigenvalue weighted by Gasteiger charge is 2.54. The predicted octanol–water partition coefficient (Wildman–Crippen LogP) is 6.12. The van der Waals surface area contributed by atoms with E-state index in [4.69, 9.17) is 48.0 Å². The van der Waals surface area contributed by atoms with Gasteiger partial charge in [-0.15, -0.1) is 6.58 Å². The van der Waals surface area contributed by atoms with Crippen molar-refractivity contribution in [2.75, 3.05) is 33.0 Å². The number of rotatable bonds is 41. The molecule has 36 nitrogen and oxygen atoms in total. The van der Waals surface area contributed by atoms with Gasteiger partial charge in [0.25, 0.3) is 0 Å². The number of unbranched alkanes of at least 4 members (excludes halogenated alkanes) is 3. The number of esters is 2. The first kappa shape index (κ1) is 105. The number of amides is 1. The zero-order chi connectivity index (χ0) is 91.6. The Kier molecular flexibility index (Phi) is 46.7. The Morgan fingerprint density at radius 2 is 1.14 bits per heavy atom. The Bertz CT molecular complexity index is 4140. The molecule has 21 N–H and O–H groups in total. The molecule has 0 spiro atoms. The van der Waals surface area contributed by atoms with Gasteiger partial charge in [0, 0.05) is 31.0 Å². The molecule has 7 rings (SSSR count). The average molecular weight is 1740 g/mol. The number of ketones is 1.